The van der Waals surface area contributed by atoms with Gasteiger partial charge in [0.25, 0.3) is 11.8 Å². The highest BCUT2D eigenvalue weighted by molar-refractivity contribution is 5.91. The average Bonchev–Trinajstić information content (AvgIpc) is 2.36. The van der Waals surface area contributed by atoms with Gasteiger partial charge in [0.05, 0.1) is 6.54 Å². The number of aliphatic hydroxyl groups is 1. The number of amides is 1. The van der Waals surface area contributed by atoms with Crippen LogP contribution in [0.5, 0.6) is 0 Å². The van der Waals surface area contributed by atoms with E-state index in [1.165, 1.54) is 19.2 Å². The summed E-state index contributed by atoms with van der Waals surface area (Å²) in [6.45, 7) is -2.00. The summed E-state index contributed by atoms with van der Waals surface area (Å²) in [6.07, 6.45) is 0. The van der Waals surface area contributed by atoms with Gasteiger partial charge < -0.3 is 15.7 Å². The van der Waals surface area contributed by atoms with Gasteiger partial charge in [0.2, 0.25) is 0 Å². The van der Waals surface area contributed by atoms with Crippen molar-refractivity contribution in [2.45, 2.75) is 5.92 Å². The summed E-state index contributed by atoms with van der Waals surface area (Å²) in [6, 6.07) is 2.70. The zero-order chi connectivity index (χ0) is 12.9. The van der Waals surface area contributed by atoms with E-state index >= 15 is 0 Å². The molecule has 0 radical (unpaired) electrons. The van der Waals surface area contributed by atoms with Crippen molar-refractivity contribution >= 4 is 11.7 Å². The van der Waals surface area contributed by atoms with Gasteiger partial charge in [-0.05, 0) is 12.1 Å². The van der Waals surface area contributed by atoms with Crippen LogP contribution in [0.25, 0.3) is 0 Å². The smallest absolute Gasteiger partial charge is 0.287 e. The van der Waals surface area contributed by atoms with Crippen molar-refractivity contribution in [1.29, 1.82) is 0 Å². The van der Waals surface area contributed by atoms with Crippen molar-refractivity contribution < 1.29 is 18.7 Å². The lowest BCUT2D eigenvalue weighted by Crippen LogP contribution is -2.31. The maximum atomic E-state index is 12.7. The van der Waals surface area contributed by atoms with E-state index in [0.29, 0.717) is 0 Å². The van der Waals surface area contributed by atoms with Gasteiger partial charge in [-0.25, -0.2) is 8.78 Å². The molecular formula is C9H12F2N4O2. The predicted octanol–water partition coefficient (Wildman–Crippen LogP) is -0.124. The fourth-order valence-corrected chi connectivity index (χ4v) is 0.951. The summed E-state index contributed by atoms with van der Waals surface area (Å²) in [4.78, 5) is 11.1. The van der Waals surface area contributed by atoms with E-state index in [0.717, 1.165) is 0 Å². The average molecular weight is 246 g/mol. The number of carbonyl (C=O) groups excluding carboxylic acids is 1. The molecule has 0 aliphatic rings. The van der Waals surface area contributed by atoms with Crippen LogP contribution in [0, 0.1) is 0 Å². The first-order valence-corrected chi connectivity index (χ1v) is 4.77. The predicted molar refractivity (Wildman–Crippen MR) is 55.9 cm³/mol. The molecule has 0 aliphatic carbocycles. The third kappa shape index (κ3) is 3.91. The molecule has 3 N–H and O–H groups in total. The molecule has 94 valence electrons. The van der Waals surface area contributed by atoms with Gasteiger partial charge in [-0.3, -0.25) is 4.79 Å². The molecule has 1 heterocycles. The van der Waals surface area contributed by atoms with Gasteiger partial charge in [0, 0.05) is 7.05 Å². The second-order valence-electron chi connectivity index (χ2n) is 3.25. The summed E-state index contributed by atoms with van der Waals surface area (Å²) >= 11 is 0. The van der Waals surface area contributed by atoms with Crippen LogP contribution in [0.4, 0.5) is 14.6 Å². The third-order valence-electron chi connectivity index (χ3n) is 1.88. The third-order valence-corrected chi connectivity index (χ3v) is 1.88. The maximum Gasteiger partial charge on any atom is 0.287 e. The molecule has 0 aliphatic heterocycles. The monoisotopic (exact) mass is 246 g/mol. The Hall–Kier alpha value is -1.83. The van der Waals surface area contributed by atoms with Gasteiger partial charge >= 0.3 is 0 Å². The molecule has 17 heavy (non-hydrogen) atoms. The number of nitrogens with one attached hydrogen (secondary N) is 2. The van der Waals surface area contributed by atoms with Crippen LogP contribution in [-0.4, -0.2) is 47.3 Å². The summed E-state index contributed by atoms with van der Waals surface area (Å²) < 4.78 is 25.4. The summed E-state index contributed by atoms with van der Waals surface area (Å²) in [5.41, 5.74) is 0.0898. The molecule has 1 aromatic rings. The van der Waals surface area contributed by atoms with Gasteiger partial charge in [0.1, 0.15) is 12.4 Å². The van der Waals surface area contributed by atoms with E-state index in [1.807, 2.05) is 0 Å². The van der Waals surface area contributed by atoms with Gasteiger partial charge in [-0.1, -0.05) is 0 Å². The lowest BCUT2D eigenvalue weighted by Gasteiger charge is -2.13. The molecule has 0 aromatic carbocycles. The van der Waals surface area contributed by atoms with Crippen LogP contribution in [0.2, 0.25) is 0 Å². The van der Waals surface area contributed by atoms with E-state index < -0.39 is 25.0 Å². The lowest BCUT2D eigenvalue weighted by molar-refractivity contribution is -0.0373. The number of aromatic nitrogens is 2. The number of hydrogen-bond donors (Lipinski definition) is 3. The minimum absolute atomic E-state index is 0.0898. The topological polar surface area (TPSA) is 87.1 Å². The van der Waals surface area contributed by atoms with Crippen LogP contribution in [0.1, 0.15) is 10.5 Å². The van der Waals surface area contributed by atoms with Crippen molar-refractivity contribution in [1.82, 2.24) is 15.5 Å². The summed E-state index contributed by atoms with van der Waals surface area (Å²) in [5.74, 6) is -3.53. The molecule has 8 heteroatoms. The molecule has 0 spiro atoms. The zero-order valence-corrected chi connectivity index (χ0v) is 9.07. The normalized spacial score (nSPS) is 11.1. The second kappa shape index (κ2) is 5.48. The Labute approximate surface area is 96.1 Å². The highest BCUT2D eigenvalue weighted by Crippen LogP contribution is 2.12. The van der Waals surface area contributed by atoms with Crippen LogP contribution < -0.4 is 10.6 Å². The van der Waals surface area contributed by atoms with Crippen LogP contribution in [0.3, 0.4) is 0 Å². The first kappa shape index (κ1) is 13.2. The largest absolute Gasteiger partial charge is 0.390 e. The fourth-order valence-electron chi connectivity index (χ4n) is 0.951. The molecule has 0 atom stereocenters. The molecule has 0 unspecified atom stereocenters. The van der Waals surface area contributed by atoms with E-state index in [-0.39, 0.29) is 11.5 Å². The highest BCUT2D eigenvalue weighted by atomic mass is 19.3. The molecule has 0 bridgehead atoms. The molecule has 0 saturated carbocycles. The molecule has 0 fully saturated rings. The van der Waals surface area contributed by atoms with Crippen LogP contribution in [0.15, 0.2) is 12.1 Å². The number of aliphatic hydroxyl groups excluding tert-OH is 1. The number of alkyl halides is 2. The Morgan fingerprint density at radius 3 is 2.65 bits per heavy atom. The van der Waals surface area contributed by atoms with Gasteiger partial charge in [0.15, 0.2) is 5.69 Å². The first-order chi connectivity index (χ1) is 7.98. The molecule has 6 nitrogen and oxygen atoms in total. The van der Waals surface area contributed by atoms with E-state index in [4.69, 9.17) is 5.11 Å². The molecule has 0 saturated heterocycles. The van der Waals surface area contributed by atoms with Gasteiger partial charge in [-0.15, -0.1) is 10.2 Å². The van der Waals surface area contributed by atoms with Crippen molar-refractivity contribution in [2.75, 3.05) is 25.5 Å². The SMILES string of the molecule is CNC(=O)c1ccc(NCC(F)(F)CO)nn1. The Morgan fingerprint density at radius 2 is 2.18 bits per heavy atom. The Kier molecular flexibility index (Phi) is 4.27. The number of nitrogens with zero attached hydrogens (tertiary/aromatic N) is 2. The highest BCUT2D eigenvalue weighted by Gasteiger charge is 2.27. The number of halogens is 2. The first-order valence-electron chi connectivity index (χ1n) is 4.77. The minimum atomic E-state index is -3.22. The molecule has 1 amide bonds. The van der Waals surface area contributed by atoms with Gasteiger partial charge in [-0.2, -0.15) is 0 Å². The number of anilines is 1. The summed E-state index contributed by atoms with van der Waals surface area (Å²) in [5, 5.41) is 20.1. The Morgan fingerprint density at radius 1 is 1.47 bits per heavy atom. The number of hydrogen-bond acceptors (Lipinski definition) is 5. The molecule has 1 rings (SSSR count). The number of rotatable bonds is 5. The van der Waals surface area contributed by atoms with E-state index in [2.05, 4.69) is 20.8 Å². The van der Waals surface area contributed by atoms with E-state index in [1.54, 1.807) is 0 Å². The number of carbonyl (C=O) groups is 1. The van der Waals surface area contributed by atoms with Crippen molar-refractivity contribution in [3.05, 3.63) is 17.8 Å². The van der Waals surface area contributed by atoms with E-state index in [9.17, 15) is 13.6 Å². The zero-order valence-electron chi connectivity index (χ0n) is 9.07. The second-order valence-corrected chi connectivity index (χ2v) is 3.25. The van der Waals surface area contributed by atoms with Crippen LogP contribution >= 0.6 is 0 Å². The molecular weight excluding hydrogens is 234 g/mol. The van der Waals surface area contributed by atoms with Crippen molar-refractivity contribution in [3.63, 3.8) is 0 Å². The molecule has 1 aromatic heterocycles. The van der Waals surface area contributed by atoms with Crippen molar-refractivity contribution in [3.8, 4) is 0 Å². The summed E-state index contributed by atoms with van der Waals surface area (Å²) in [7, 11) is 1.44. The quantitative estimate of drug-likeness (QED) is 0.674. The van der Waals surface area contributed by atoms with Crippen LogP contribution in [-0.2, 0) is 0 Å². The lowest BCUT2D eigenvalue weighted by atomic mass is 10.3. The van der Waals surface area contributed by atoms with Crippen molar-refractivity contribution in [2.24, 2.45) is 0 Å². The maximum absolute atomic E-state index is 12.7. The minimum Gasteiger partial charge on any atom is -0.390 e. The fraction of sp³-hybridized carbons (Fsp3) is 0.444. The Bertz CT molecular complexity index is 383. The Balaban J connectivity index is 2.60. The standard InChI is InChI=1S/C9H12F2N4O2/c1-12-8(17)6-2-3-7(15-14-6)13-4-9(10,11)5-16/h2-3,16H,4-5H2,1H3,(H,12,17)(H,13,15).